The fraction of sp³-hybridized carbons (Fsp3) is 0.385. The second kappa shape index (κ2) is 3.83. The molecule has 2 heterocycles. The van der Waals surface area contributed by atoms with Crippen LogP contribution in [-0.2, 0) is 7.05 Å². The molecule has 3 nitrogen and oxygen atoms in total. The lowest BCUT2D eigenvalue weighted by Gasteiger charge is -2.11. The molecule has 2 N–H and O–H groups in total. The molecule has 1 aliphatic heterocycles. The lowest BCUT2D eigenvalue weighted by Crippen LogP contribution is -2.21. The van der Waals surface area contributed by atoms with Crippen LogP contribution in [0.25, 0.3) is 10.9 Å². The van der Waals surface area contributed by atoms with Gasteiger partial charge in [0.05, 0.1) is 5.69 Å². The van der Waals surface area contributed by atoms with Crippen molar-refractivity contribution < 1.29 is 0 Å². The Balaban J connectivity index is 1.96. The highest BCUT2D eigenvalue weighted by Gasteiger charge is 2.15. The lowest BCUT2D eigenvalue weighted by atomic mass is 10.2. The topological polar surface area (TPSA) is 29.0 Å². The van der Waals surface area contributed by atoms with E-state index in [0.717, 1.165) is 13.1 Å². The molecule has 1 saturated heterocycles. The molecule has 1 aliphatic rings. The summed E-state index contributed by atoms with van der Waals surface area (Å²) in [5.74, 6) is 0. The molecule has 1 aromatic heterocycles. The van der Waals surface area contributed by atoms with E-state index in [1.54, 1.807) is 0 Å². The number of hydrogen-bond donors (Lipinski definition) is 2. The summed E-state index contributed by atoms with van der Waals surface area (Å²) in [6.07, 6.45) is 3.40. The maximum Gasteiger partial charge on any atom is 0.0602 e. The van der Waals surface area contributed by atoms with E-state index >= 15 is 0 Å². The van der Waals surface area contributed by atoms with Crippen LogP contribution in [0.4, 0.5) is 5.69 Å². The number of rotatable bonds is 2. The zero-order chi connectivity index (χ0) is 11.0. The van der Waals surface area contributed by atoms with Gasteiger partial charge in [0.25, 0.3) is 0 Å². The van der Waals surface area contributed by atoms with Crippen molar-refractivity contribution in [2.24, 2.45) is 7.05 Å². The van der Waals surface area contributed by atoms with Gasteiger partial charge in [-0.2, -0.15) is 0 Å². The molecule has 16 heavy (non-hydrogen) atoms. The van der Waals surface area contributed by atoms with Crippen LogP contribution in [0.5, 0.6) is 0 Å². The van der Waals surface area contributed by atoms with Crippen molar-refractivity contribution in [1.29, 1.82) is 0 Å². The minimum absolute atomic E-state index is 0.575. The number of aromatic nitrogens is 1. The molecule has 0 spiro atoms. The Hall–Kier alpha value is -1.48. The first-order valence-electron chi connectivity index (χ1n) is 5.86. The maximum absolute atomic E-state index is 3.62. The molecule has 0 amide bonds. The molecular weight excluding hydrogens is 198 g/mol. The molecule has 1 unspecified atom stereocenters. The third kappa shape index (κ3) is 1.57. The van der Waals surface area contributed by atoms with Crippen LogP contribution in [0.1, 0.15) is 6.42 Å². The summed E-state index contributed by atoms with van der Waals surface area (Å²) in [6.45, 7) is 2.20. The van der Waals surface area contributed by atoms with E-state index in [1.165, 1.54) is 23.0 Å². The van der Waals surface area contributed by atoms with Gasteiger partial charge in [0, 0.05) is 36.7 Å². The van der Waals surface area contributed by atoms with Gasteiger partial charge in [-0.3, -0.25) is 0 Å². The standard InChI is InChI=1S/C13H17N3/c1-16-9-12(15-10-6-7-14-8-10)11-4-2-3-5-13(11)16/h2-5,9-10,14-15H,6-8H2,1H3. The van der Waals surface area contributed by atoms with Gasteiger partial charge in [-0.25, -0.2) is 0 Å². The highest BCUT2D eigenvalue weighted by atomic mass is 15.1. The Bertz CT molecular complexity index is 495. The van der Waals surface area contributed by atoms with Gasteiger partial charge in [-0.05, 0) is 19.0 Å². The highest BCUT2D eigenvalue weighted by molar-refractivity contribution is 5.93. The number of fused-ring (bicyclic) bond motifs is 1. The average molecular weight is 215 g/mol. The molecule has 0 bridgehead atoms. The summed E-state index contributed by atoms with van der Waals surface area (Å²) in [5.41, 5.74) is 2.54. The monoisotopic (exact) mass is 215 g/mol. The predicted molar refractivity (Wildman–Crippen MR) is 67.8 cm³/mol. The van der Waals surface area contributed by atoms with Gasteiger partial charge < -0.3 is 15.2 Å². The Morgan fingerprint density at radius 2 is 2.25 bits per heavy atom. The van der Waals surface area contributed by atoms with Crippen LogP contribution in [0.2, 0.25) is 0 Å². The van der Waals surface area contributed by atoms with Crippen molar-refractivity contribution in [2.75, 3.05) is 18.4 Å². The summed E-state index contributed by atoms with van der Waals surface area (Å²) in [4.78, 5) is 0. The number of nitrogens with zero attached hydrogens (tertiary/aromatic N) is 1. The third-order valence-electron chi connectivity index (χ3n) is 3.32. The first-order valence-corrected chi connectivity index (χ1v) is 5.86. The van der Waals surface area contributed by atoms with Crippen LogP contribution in [0.15, 0.2) is 30.5 Å². The third-order valence-corrected chi connectivity index (χ3v) is 3.32. The number of anilines is 1. The van der Waals surface area contributed by atoms with E-state index in [4.69, 9.17) is 0 Å². The zero-order valence-corrected chi connectivity index (χ0v) is 9.53. The van der Waals surface area contributed by atoms with E-state index in [9.17, 15) is 0 Å². The predicted octanol–water partition coefficient (Wildman–Crippen LogP) is 1.95. The minimum Gasteiger partial charge on any atom is -0.379 e. The van der Waals surface area contributed by atoms with E-state index < -0.39 is 0 Å². The minimum atomic E-state index is 0.575. The molecule has 0 radical (unpaired) electrons. The molecule has 3 heteroatoms. The van der Waals surface area contributed by atoms with E-state index in [0.29, 0.717) is 6.04 Å². The second-order valence-corrected chi connectivity index (χ2v) is 4.50. The van der Waals surface area contributed by atoms with Gasteiger partial charge in [0.1, 0.15) is 0 Å². The summed E-state index contributed by atoms with van der Waals surface area (Å²) in [5, 5.41) is 8.32. The van der Waals surface area contributed by atoms with Crippen molar-refractivity contribution in [1.82, 2.24) is 9.88 Å². The first kappa shape index (κ1) is 9.73. The van der Waals surface area contributed by atoms with E-state index in [2.05, 4.69) is 52.7 Å². The van der Waals surface area contributed by atoms with Crippen LogP contribution in [-0.4, -0.2) is 23.7 Å². The van der Waals surface area contributed by atoms with E-state index in [1.807, 2.05) is 0 Å². The lowest BCUT2D eigenvalue weighted by molar-refractivity contribution is 0.793. The van der Waals surface area contributed by atoms with Crippen molar-refractivity contribution >= 4 is 16.6 Å². The van der Waals surface area contributed by atoms with E-state index in [-0.39, 0.29) is 0 Å². The summed E-state index contributed by atoms with van der Waals surface area (Å²) in [7, 11) is 2.10. The number of benzene rings is 1. The molecule has 0 aliphatic carbocycles. The van der Waals surface area contributed by atoms with Gasteiger partial charge in [0.2, 0.25) is 0 Å². The molecule has 84 valence electrons. The molecule has 0 saturated carbocycles. The van der Waals surface area contributed by atoms with Gasteiger partial charge >= 0.3 is 0 Å². The highest BCUT2D eigenvalue weighted by Crippen LogP contribution is 2.26. The smallest absolute Gasteiger partial charge is 0.0602 e. The van der Waals surface area contributed by atoms with Crippen LogP contribution >= 0.6 is 0 Å². The van der Waals surface area contributed by atoms with Gasteiger partial charge in [-0.15, -0.1) is 0 Å². The van der Waals surface area contributed by atoms with Crippen LogP contribution < -0.4 is 10.6 Å². The number of aryl methyl sites for hydroxylation is 1. The SMILES string of the molecule is Cn1cc(NC2CCNC2)c2ccccc21. The van der Waals surface area contributed by atoms with Crippen LogP contribution in [0.3, 0.4) is 0 Å². The summed E-state index contributed by atoms with van der Waals surface area (Å²) < 4.78 is 2.18. The van der Waals surface area contributed by atoms with Crippen LogP contribution in [0, 0.1) is 0 Å². The van der Waals surface area contributed by atoms with Crippen molar-refractivity contribution in [3.05, 3.63) is 30.5 Å². The maximum atomic E-state index is 3.62. The molecule has 1 atom stereocenters. The largest absolute Gasteiger partial charge is 0.379 e. The Morgan fingerprint density at radius 1 is 1.38 bits per heavy atom. The van der Waals surface area contributed by atoms with Crippen molar-refractivity contribution in [2.45, 2.75) is 12.5 Å². The van der Waals surface area contributed by atoms with Gasteiger partial charge in [-0.1, -0.05) is 18.2 Å². The number of nitrogens with one attached hydrogen (secondary N) is 2. The molecule has 1 aromatic carbocycles. The Morgan fingerprint density at radius 3 is 3.06 bits per heavy atom. The summed E-state index contributed by atoms with van der Waals surface area (Å²) >= 11 is 0. The average Bonchev–Trinajstić information content (AvgIpc) is 2.90. The quantitative estimate of drug-likeness (QED) is 0.801. The van der Waals surface area contributed by atoms with Crippen molar-refractivity contribution in [3.63, 3.8) is 0 Å². The fourth-order valence-electron chi connectivity index (χ4n) is 2.45. The summed E-state index contributed by atoms with van der Waals surface area (Å²) in [6, 6.07) is 9.10. The zero-order valence-electron chi connectivity index (χ0n) is 9.53. The molecular formula is C13H17N3. The molecule has 2 aromatic rings. The fourth-order valence-corrected chi connectivity index (χ4v) is 2.45. The van der Waals surface area contributed by atoms with Gasteiger partial charge in [0.15, 0.2) is 0 Å². The molecule has 1 fully saturated rings. The van der Waals surface area contributed by atoms with Crippen molar-refractivity contribution in [3.8, 4) is 0 Å². The number of hydrogen-bond acceptors (Lipinski definition) is 2. The molecule has 3 rings (SSSR count). The Kier molecular flexibility index (Phi) is 2.33. The number of para-hydroxylation sites is 1. The normalized spacial score (nSPS) is 20.4. The second-order valence-electron chi connectivity index (χ2n) is 4.50. The first-order chi connectivity index (χ1) is 7.84. The Labute approximate surface area is 95.5 Å².